The van der Waals surface area contributed by atoms with Gasteiger partial charge in [0.15, 0.2) is 0 Å². The minimum absolute atomic E-state index is 0.167. The first kappa shape index (κ1) is 103. The van der Waals surface area contributed by atoms with Crippen LogP contribution in [0.3, 0.4) is 0 Å². The maximum absolute atomic E-state index is 14.7. The lowest BCUT2D eigenvalue weighted by Gasteiger charge is -2.40. The highest BCUT2D eigenvalue weighted by Crippen LogP contribution is 2.42. The smallest absolute Gasteiger partial charge is 0.344 e. The van der Waals surface area contributed by atoms with Gasteiger partial charge in [-0.15, -0.1) is 0 Å². The number of rotatable bonds is 43. The lowest BCUT2D eigenvalue weighted by Crippen LogP contribution is -2.45. The van der Waals surface area contributed by atoms with E-state index in [2.05, 4.69) is 22.4 Å². The molecule has 3 atom stereocenters. The average Bonchev–Trinajstić information content (AvgIpc) is 0.909. The zero-order valence-electron chi connectivity index (χ0n) is 83.5. The number of esters is 4. The Balaban J connectivity index is 0.000000195. The standard InChI is InChI=1S/C64H65N5O8S.C54H50N6O8S2/c1-6-20-60(70)69(63-67-55-25-16-17-26-59(55)78-63)66-40-54-51-29-30-52(62(72)77-57-33-28-47(38-46(57)5)61(71)76-56-32-27-44(3)37-45(56)4)53(39-65-68(48-21-12-10-13-22-48)49-23-14-11-15-24-49)50(51)31-34-58(54)75-36-19-9-8-18-35-73-41-64(7-2)42-74-43-64;1-33-24-40(30-55-59-53-57-43-8-3-5-10-48(43)69-53)50(41(25-33)31-56-60(20-21-61)54-58-44-9-4-6-11-49(44)70-54)68-52(63)38-16-19-45(34(2)26-38)67-51(62)39-14-13-37-29-42(17-15-36(37)28-39)65-23-7-22-64-32-35-12-18-46-47(27-35)66-46/h10-17,21-34,37-40H,6-9,18-20,35-36,41-43H2,1-5H3;3-6,8-11,13-17,19,24-26,28-31,35,46-47,61H,7,12,18,20-23,27,32H2,1-2H3,(H,57,59)/b65-39+,66-40+;55-30+,56-31+. The molecule has 3 aliphatic rings. The van der Waals surface area contributed by atoms with E-state index in [4.69, 9.17) is 72.6 Å². The number of aliphatic hydroxyl groups is 1. The monoisotopic (exact) mass is 2040 g/mol. The third kappa shape index (κ3) is 25.9. The molecule has 27 nitrogen and oxygen atoms in total. The fraction of sp³-hybridized carbons (Fsp3) is 0.271. The Labute approximate surface area is 870 Å². The molecule has 1 amide bonds. The number of carbonyl (C=O) groups excluding carboxylic acids is 5. The maximum atomic E-state index is 14.7. The van der Waals surface area contributed by atoms with Gasteiger partial charge in [0.05, 0.1) is 148 Å². The zero-order valence-corrected chi connectivity index (χ0v) is 85.9. The summed E-state index contributed by atoms with van der Waals surface area (Å²) < 4.78 is 62.7. The lowest BCUT2D eigenvalue weighted by molar-refractivity contribution is -0.150. The van der Waals surface area contributed by atoms with Gasteiger partial charge in [0.2, 0.25) is 21.3 Å². The summed E-state index contributed by atoms with van der Waals surface area (Å²) in [4.78, 5) is 83.7. The molecule has 13 aromatic carbocycles. The van der Waals surface area contributed by atoms with E-state index < -0.39 is 23.9 Å². The number of aromatic nitrogens is 3. The van der Waals surface area contributed by atoms with Crippen LogP contribution in [0.25, 0.3) is 52.2 Å². The number of carbonyl (C=O) groups is 5. The van der Waals surface area contributed by atoms with Crippen LogP contribution in [0.4, 0.5) is 26.8 Å². The van der Waals surface area contributed by atoms with Gasteiger partial charge in [-0.05, 0) is 293 Å². The van der Waals surface area contributed by atoms with Gasteiger partial charge in [-0.3, -0.25) is 10.2 Å². The first-order valence-corrected chi connectivity index (χ1v) is 52.4. The van der Waals surface area contributed by atoms with Crippen LogP contribution in [0.5, 0.6) is 34.5 Å². The molecule has 0 spiro atoms. The minimum atomic E-state index is -0.653. The van der Waals surface area contributed by atoms with Crippen molar-refractivity contribution in [3.63, 3.8) is 0 Å². The SMILES string of the molecule is CCCC(=O)N(/N=C/c1c(OCCCCCCOCC2(CC)COC2)ccc2c(/C=N/N(c3ccccc3)c3ccccc3)c(C(=O)Oc3ccc(C(=O)Oc4ccc(C)cc4C)cc3C)ccc12)c1nc2ccccc2s1.Cc1cc(/C=N/Nc2nc3ccccc3s2)c(OC(=O)c2ccc(OC(=O)c3ccc4cc(OCCCOCC5CCC6OC6C5)ccc4c3)c(C)c2)c(/C=N/N(CCO)c2nc3ccccc3s2)c1. The van der Waals surface area contributed by atoms with Crippen LogP contribution < -0.4 is 48.9 Å². The van der Waals surface area contributed by atoms with Crippen LogP contribution in [0, 0.1) is 46.0 Å². The Hall–Kier alpha value is -15.1. The van der Waals surface area contributed by atoms with E-state index in [-0.39, 0.29) is 53.5 Å². The van der Waals surface area contributed by atoms with Gasteiger partial charge in [-0.25, -0.2) is 44.1 Å². The van der Waals surface area contributed by atoms with Gasteiger partial charge in [-0.1, -0.05) is 163 Å². The molecule has 3 fully saturated rings. The summed E-state index contributed by atoms with van der Waals surface area (Å²) in [7, 11) is 0. The molecule has 148 heavy (non-hydrogen) atoms. The normalized spacial score (nSPS) is 14.7. The van der Waals surface area contributed by atoms with Crippen molar-refractivity contribution in [2.24, 2.45) is 31.7 Å². The number of hydrogen-bond acceptors (Lipinski definition) is 29. The summed E-state index contributed by atoms with van der Waals surface area (Å²) in [6.45, 7) is 18.9. The number of ether oxygens (including phenoxy) is 10. The van der Waals surface area contributed by atoms with Crippen molar-refractivity contribution in [1.29, 1.82) is 0 Å². The number of benzene rings is 13. The molecule has 2 aliphatic heterocycles. The Bertz CT molecular complexity index is 7450. The molecule has 1 aliphatic carbocycles. The van der Waals surface area contributed by atoms with E-state index in [0.29, 0.717) is 139 Å². The van der Waals surface area contributed by atoms with Crippen LogP contribution in [0.2, 0.25) is 0 Å². The molecule has 2 saturated heterocycles. The molecule has 30 heteroatoms. The Kier molecular flexibility index (Phi) is 34.0. The van der Waals surface area contributed by atoms with Crippen LogP contribution >= 0.6 is 34.0 Å². The fourth-order valence-electron chi connectivity index (χ4n) is 17.7. The number of nitrogens with zero attached hydrogens (tertiary/aromatic N) is 10. The van der Waals surface area contributed by atoms with Gasteiger partial charge >= 0.3 is 23.9 Å². The van der Waals surface area contributed by atoms with Crippen molar-refractivity contribution in [2.45, 2.75) is 131 Å². The topological polar surface area (TPSA) is 311 Å². The number of aliphatic hydroxyl groups excluding tert-OH is 1. The van der Waals surface area contributed by atoms with E-state index in [1.54, 1.807) is 109 Å². The average molecular weight is 2040 g/mol. The molecule has 16 aromatic rings. The number of hydrogen-bond donors (Lipinski definition) is 2. The van der Waals surface area contributed by atoms with E-state index in [0.717, 1.165) is 153 Å². The number of aryl methyl sites for hydroxylation is 5. The molecule has 3 aromatic heterocycles. The molecule has 756 valence electrons. The Morgan fingerprint density at radius 2 is 1.05 bits per heavy atom. The van der Waals surface area contributed by atoms with E-state index >= 15 is 0 Å². The van der Waals surface area contributed by atoms with Crippen molar-refractivity contribution in [3.8, 4) is 34.5 Å². The third-order valence-electron chi connectivity index (χ3n) is 25.9. The molecule has 0 radical (unpaired) electrons. The number of thiazole rings is 3. The number of nitrogens with one attached hydrogen (secondary N) is 1. The second kappa shape index (κ2) is 48.9. The molecular weight excluding hydrogens is 1920 g/mol. The summed E-state index contributed by atoms with van der Waals surface area (Å²) in [5.41, 5.74) is 14.3. The number of amides is 1. The van der Waals surface area contributed by atoms with Gasteiger partial charge in [-0.2, -0.15) is 25.4 Å². The Morgan fingerprint density at radius 1 is 0.486 bits per heavy atom. The highest BCUT2D eigenvalue weighted by Gasteiger charge is 2.44. The van der Waals surface area contributed by atoms with Crippen molar-refractivity contribution < 1.29 is 76.4 Å². The maximum Gasteiger partial charge on any atom is 0.344 e. The highest BCUT2D eigenvalue weighted by molar-refractivity contribution is 7.23. The van der Waals surface area contributed by atoms with Gasteiger partial charge < -0.3 is 52.5 Å². The van der Waals surface area contributed by atoms with Crippen LogP contribution in [-0.2, 0) is 23.7 Å². The number of epoxide rings is 1. The molecular formula is C118H115N11O16S3. The second-order valence-electron chi connectivity index (χ2n) is 37.0. The Morgan fingerprint density at radius 3 is 1.69 bits per heavy atom. The number of hydrazone groups is 4. The summed E-state index contributed by atoms with van der Waals surface area (Å²) in [5.74, 6) is 0.572. The van der Waals surface area contributed by atoms with Crippen molar-refractivity contribution in [2.75, 3.05) is 86.5 Å². The van der Waals surface area contributed by atoms with Crippen molar-refractivity contribution >= 4 is 168 Å². The molecule has 0 bridgehead atoms. The molecule has 3 unspecified atom stereocenters. The summed E-state index contributed by atoms with van der Waals surface area (Å²) >= 11 is 4.31. The fourth-order valence-corrected chi connectivity index (χ4v) is 20.4. The van der Waals surface area contributed by atoms with E-state index in [9.17, 15) is 29.1 Å². The third-order valence-corrected chi connectivity index (χ3v) is 28.9. The molecule has 19 rings (SSSR count). The largest absolute Gasteiger partial charge is 0.493 e. The molecule has 5 heterocycles. The number of para-hydroxylation sites is 5. The summed E-state index contributed by atoms with van der Waals surface area (Å²) in [5, 5.41) is 38.8. The predicted octanol–water partition coefficient (Wildman–Crippen LogP) is 25.3. The summed E-state index contributed by atoms with van der Waals surface area (Å²) in [6.07, 6.45) is 17.3. The van der Waals surface area contributed by atoms with Crippen molar-refractivity contribution in [1.82, 2.24) is 15.0 Å². The number of fused-ring (bicyclic) bond motifs is 6. The second-order valence-corrected chi connectivity index (χ2v) is 40.1. The zero-order chi connectivity index (χ0) is 102. The predicted molar refractivity (Wildman–Crippen MR) is 587 cm³/mol. The molecule has 1 saturated carbocycles. The van der Waals surface area contributed by atoms with Crippen LogP contribution in [-0.4, -0.2) is 153 Å². The van der Waals surface area contributed by atoms with Gasteiger partial charge in [0, 0.05) is 60.3 Å². The summed E-state index contributed by atoms with van der Waals surface area (Å²) in [6, 6.07) is 80.3. The minimum Gasteiger partial charge on any atom is -0.493 e. The lowest BCUT2D eigenvalue weighted by atomic mass is 9.84. The first-order valence-electron chi connectivity index (χ1n) is 49.9. The quantitative estimate of drug-likeness (QED) is 0.00895. The molecule has 2 N–H and O–H groups in total. The van der Waals surface area contributed by atoms with Crippen LogP contribution in [0.15, 0.2) is 281 Å². The van der Waals surface area contributed by atoms with Crippen molar-refractivity contribution in [3.05, 3.63) is 333 Å². The number of anilines is 5. The van der Waals surface area contributed by atoms with Crippen LogP contribution in [0.1, 0.15) is 176 Å². The van der Waals surface area contributed by atoms with E-state index in [1.807, 2.05) is 228 Å². The highest BCUT2D eigenvalue weighted by atomic mass is 32.1. The number of unbranched alkanes of at least 4 members (excludes halogenated alkanes) is 3. The first-order chi connectivity index (χ1) is 72.2. The van der Waals surface area contributed by atoms with E-state index in [1.165, 1.54) is 45.4 Å². The van der Waals surface area contributed by atoms with Gasteiger partial charge in [0.1, 0.15) is 34.5 Å². The van der Waals surface area contributed by atoms with Gasteiger partial charge in [0.25, 0.3) is 0 Å².